The number of halogens is 6. The number of nitrogens with one attached hydrogen (secondary N) is 1. The Morgan fingerprint density at radius 1 is 1.29 bits per heavy atom. The van der Waals surface area contributed by atoms with Crippen molar-refractivity contribution in [3.8, 4) is 0 Å². The van der Waals surface area contributed by atoms with E-state index in [1.165, 1.54) is 0 Å². The molecule has 11 heteroatoms. The monoisotopic (exact) mass is 506 g/mol. The molecule has 2 unspecified atom stereocenters. The molecule has 0 bridgehead atoms. The van der Waals surface area contributed by atoms with E-state index in [-0.39, 0.29) is 18.1 Å². The molecule has 0 aliphatic carbocycles. The zero-order valence-corrected chi connectivity index (χ0v) is 18.3. The second kappa shape index (κ2) is 8.68. The quantitative estimate of drug-likeness (QED) is 0.581. The van der Waals surface area contributed by atoms with Crippen LogP contribution in [0.5, 0.6) is 0 Å². The van der Waals surface area contributed by atoms with Crippen LogP contribution in [0.15, 0.2) is 34.9 Å². The van der Waals surface area contributed by atoms with Gasteiger partial charge < -0.3 is 10.2 Å². The number of rotatable bonds is 4. The lowest BCUT2D eigenvalue weighted by molar-refractivity contribution is -0.137. The topological polar surface area (TPSA) is 58.1 Å². The third-order valence-electron chi connectivity index (χ3n) is 5.11. The van der Waals surface area contributed by atoms with Gasteiger partial charge in [-0.2, -0.15) is 13.2 Å². The third kappa shape index (κ3) is 5.50. The first kappa shape index (κ1) is 23.4. The average molecular weight is 507 g/mol. The number of hydrogen-bond acceptors (Lipinski definition) is 4. The molecule has 2 aromatic heterocycles. The Kier molecular flexibility index (Phi) is 6.54. The molecule has 1 aliphatic rings. The minimum atomic E-state index is -4.51. The maximum Gasteiger partial charge on any atom is 0.417 e. The molecule has 2 atom stereocenters. The Balaban J connectivity index is 1.82. The molecular formula is C20H20BrF5N4O. The number of aromatic nitrogens is 2. The predicted octanol–water partition coefficient (Wildman–Crippen LogP) is 5.16. The van der Waals surface area contributed by atoms with Crippen LogP contribution in [0.25, 0.3) is 0 Å². The SMILES string of the molecule is Cc1ccc(Br)c(C(=O)N2CC(F)(F)CC(C)C2CNc2ccc(C(F)(F)F)cn2)n1. The first-order chi connectivity index (χ1) is 14.4. The Bertz CT molecular complexity index is 952. The van der Waals surface area contributed by atoms with Crippen molar-refractivity contribution in [2.24, 2.45) is 5.92 Å². The number of likely N-dealkylation sites (tertiary alicyclic amines) is 1. The van der Waals surface area contributed by atoms with Crippen molar-refractivity contribution in [2.75, 3.05) is 18.4 Å². The highest BCUT2D eigenvalue weighted by Crippen LogP contribution is 2.36. The molecule has 0 radical (unpaired) electrons. The van der Waals surface area contributed by atoms with E-state index in [1.807, 2.05) is 0 Å². The highest BCUT2D eigenvalue weighted by atomic mass is 79.9. The predicted molar refractivity (Wildman–Crippen MR) is 108 cm³/mol. The van der Waals surface area contributed by atoms with Crippen molar-refractivity contribution in [1.29, 1.82) is 0 Å². The lowest BCUT2D eigenvalue weighted by Gasteiger charge is -2.43. The molecule has 1 amide bonds. The zero-order valence-electron chi connectivity index (χ0n) is 16.7. The van der Waals surface area contributed by atoms with Crippen molar-refractivity contribution >= 4 is 27.7 Å². The number of piperidine rings is 1. The molecular weight excluding hydrogens is 487 g/mol. The van der Waals surface area contributed by atoms with Crippen LogP contribution in [0.4, 0.5) is 27.8 Å². The van der Waals surface area contributed by atoms with Gasteiger partial charge in [-0.1, -0.05) is 6.92 Å². The number of anilines is 1. The number of carbonyl (C=O) groups is 1. The van der Waals surface area contributed by atoms with Gasteiger partial charge in [0.15, 0.2) is 0 Å². The van der Waals surface area contributed by atoms with Gasteiger partial charge in [0.25, 0.3) is 11.8 Å². The van der Waals surface area contributed by atoms with Crippen LogP contribution < -0.4 is 5.32 Å². The minimum absolute atomic E-state index is 0.0301. The number of pyridine rings is 2. The number of carbonyl (C=O) groups excluding carboxylic acids is 1. The summed E-state index contributed by atoms with van der Waals surface area (Å²) in [4.78, 5) is 22.1. The van der Waals surface area contributed by atoms with Crippen molar-refractivity contribution < 1.29 is 26.7 Å². The molecule has 0 spiro atoms. The number of alkyl halides is 5. The van der Waals surface area contributed by atoms with E-state index in [1.54, 1.807) is 26.0 Å². The fourth-order valence-corrected chi connectivity index (χ4v) is 3.97. The van der Waals surface area contributed by atoms with Gasteiger partial charge in [0.2, 0.25) is 0 Å². The Hall–Kier alpha value is -2.30. The number of aryl methyl sites for hydroxylation is 1. The first-order valence-electron chi connectivity index (χ1n) is 9.46. The van der Waals surface area contributed by atoms with Gasteiger partial charge in [0, 0.05) is 29.3 Å². The van der Waals surface area contributed by atoms with Gasteiger partial charge in [-0.05, 0) is 53.0 Å². The van der Waals surface area contributed by atoms with Crippen LogP contribution in [0, 0.1) is 12.8 Å². The molecule has 31 heavy (non-hydrogen) atoms. The van der Waals surface area contributed by atoms with E-state index in [0.717, 1.165) is 17.0 Å². The Morgan fingerprint density at radius 3 is 2.61 bits per heavy atom. The van der Waals surface area contributed by atoms with E-state index >= 15 is 0 Å². The lowest BCUT2D eigenvalue weighted by atomic mass is 9.88. The molecule has 1 fully saturated rings. The molecule has 5 nitrogen and oxygen atoms in total. The van der Waals surface area contributed by atoms with E-state index in [2.05, 4.69) is 31.2 Å². The summed E-state index contributed by atoms with van der Waals surface area (Å²) in [5, 5.41) is 2.86. The summed E-state index contributed by atoms with van der Waals surface area (Å²) < 4.78 is 67.1. The summed E-state index contributed by atoms with van der Waals surface area (Å²) in [6.07, 6.45) is -4.23. The van der Waals surface area contributed by atoms with Gasteiger partial charge in [0.1, 0.15) is 11.5 Å². The molecule has 0 saturated carbocycles. The summed E-state index contributed by atoms with van der Waals surface area (Å²) in [7, 11) is 0. The first-order valence-corrected chi connectivity index (χ1v) is 10.3. The summed E-state index contributed by atoms with van der Waals surface area (Å²) in [6.45, 7) is 2.57. The third-order valence-corrected chi connectivity index (χ3v) is 5.75. The van der Waals surface area contributed by atoms with Crippen LogP contribution in [0.3, 0.4) is 0 Å². The van der Waals surface area contributed by atoms with E-state index in [9.17, 15) is 26.7 Å². The van der Waals surface area contributed by atoms with Crippen LogP contribution in [-0.2, 0) is 6.18 Å². The van der Waals surface area contributed by atoms with E-state index in [4.69, 9.17) is 0 Å². The van der Waals surface area contributed by atoms with Crippen molar-refractivity contribution in [3.63, 3.8) is 0 Å². The van der Waals surface area contributed by atoms with Crippen LogP contribution in [-0.4, -0.2) is 45.8 Å². The standard InChI is InChI=1S/C20H20BrF5N4O/c1-11-7-19(22,23)10-30(18(31)17-14(21)5-3-12(2)29-17)15(11)9-28-16-6-4-13(8-27-16)20(24,25)26/h3-6,8,11,15H,7,9-10H2,1-2H3,(H,27,28). The molecule has 3 heterocycles. The van der Waals surface area contributed by atoms with E-state index < -0.39 is 48.5 Å². The largest absolute Gasteiger partial charge is 0.417 e. The summed E-state index contributed by atoms with van der Waals surface area (Å²) in [5.41, 5.74) is -0.301. The Labute approximate surface area is 184 Å². The second-order valence-electron chi connectivity index (χ2n) is 7.63. The summed E-state index contributed by atoms with van der Waals surface area (Å²) in [6, 6.07) is 4.72. The Morgan fingerprint density at radius 2 is 2.00 bits per heavy atom. The molecule has 168 valence electrons. The van der Waals surface area contributed by atoms with Crippen LogP contribution >= 0.6 is 15.9 Å². The molecule has 2 aromatic rings. The molecule has 3 rings (SSSR count). The summed E-state index contributed by atoms with van der Waals surface area (Å²) >= 11 is 3.24. The fourth-order valence-electron chi connectivity index (χ4n) is 3.58. The molecule has 1 saturated heterocycles. The van der Waals surface area contributed by atoms with Crippen LogP contribution in [0.2, 0.25) is 0 Å². The normalized spacial score (nSPS) is 21.1. The van der Waals surface area contributed by atoms with Gasteiger partial charge in [-0.15, -0.1) is 0 Å². The van der Waals surface area contributed by atoms with Gasteiger partial charge in [-0.3, -0.25) is 4.79 Å². The van der Waals surface area contributed by atoms with Crippen LogP contribution in [0.1, 0.15) is 35.1 Å². The second-order valence-corrected chi connectivity index (χ2v) is 8.49. The maximum absolute atomic E-state index is 14.3. The summed E-state index contributed by atoms with van der Waals surface area (Å²) in [5.74, 6) is -4.12. The highest BCUT2D eigenvalue weighted by molar-refractivity contribution is 9.10. The van der Waals surface area contributed by atoms with Gasteiger partial charge in [-0.25, -0.2) is 18.7 Å². The maximum atomic E-state index is 14.3. The number of hydrogen-bond donors (Lipinski definition) is 1. The highest BCUT2D eigenvalue weighted by Gasteiger charge is 2.46. The smallest absolute Gasteiger partial charge is 0.368 e. The van der Waals surface area contributed by atoms with Gasteiger partial charge in [0.05, 0.1) is 18.2 Å². The molecule has 0 aromatic carbocycles. The fraction of sp³-hybridized carbons (Fsp3) is 0.450. The number of amides is 1. The average Bonchev–Trinajstić information content (AvgIpc) is 2.67. The van der Waals surface area contributed by atoms with Crippen molar-refractivity contribution in [3.05, 3.63) is 51.9 Å². The lowest BCUT2D eigenvalue weighted by Crippen LogP contribution is -2.57. The van der Waals surface area contributed by atoms with Crippen molar-refractivity contribution in [2.45, 2.75) is 38.4 Å². The zero-order chi connectivity index (χ0) is 23.0. The number of nitrogens with zero attached hydrogens (tertiary/aromatic N) is 3. The van der Waals surface area contributed by atoms with Gasteiger partial charge >= 0.3 is 6.18 Å². The molecule has 1 N–H and O–H groups in total. The molecule has 1 aliphatic heterocycles. The van der Waals surface area contributed by atoms with E-state index in [0.29, 0.717) is 16.4 Å². The van der Waals surface area contributed by atoms with Crippen molar-refractivity contribution in [1.82, 2.24) is 14.9 Å². The minimum Gasteiger partial charge on any atom is -0.368 e.